The van der Waals surface area contributed by atoms with E-state index in [-0.39, 0.29) is 36.4 Å². The molecule has 1 aliphatic carbocycles. The second kappa shape index (κ2) is 11.4. The number of halogens is 1. The average molecular weight is 470 g/mol. The largest absolute Gasteiger partial charge is 0.383 e. The molecule has 0 radical (unpaired) electrons. The minimum Gasteiger partial charge on any atom is -0.383 e. The van der Waals surface area contributed by atoms with Crippen molar-refractivity contribution in [2.75, 3.05) is 52.7 Å². The van der Waals surface area contributed by atoms with Crippen molar-refractivity contribution in [3.05, 3.63) is 0 Å². The summed E-state index contributed by atoms with van der Waals surface area (Å²) in [5.74, 6) is 1.96. The van der Waals surface area contributed by atoms with E-state index < -0.39 is 0 Å². The second-order valence-corrected chi connectivity index (χ2v) is 7.82. The number of guanidine groups is 1. The van der Waals surface area contributed by atoms with E-state index in [2.05, 4.69) is 32.3 Å². The molecule has 0 aromatic rings. The van der Waals surface area contributed by atoms with Gasteiger partial charge in [0.05, 0.1) is 13.2 Å². The van der Waals surface area contributed by atoms with Crippen LogP contribution >= 0.6 is 35.7 Å². The van der Waals surface area contributed by atoms with E-state index >= 15 is 0 Å². The molecule has 6 nitrogen and oxygen atoms in total. The molecule has 1 heterocycles. The molecule has 0 unspecified atom stereocenters. The zero-order valence-corrected chi connectivity index (χ0v) is 18.0. The van der Waals surface area contributed by atoms with E-state index in [0.717, 1.165) is 24.8 Å². The lowest BCUT2D eigenvalue weighted by atomic mass is 9.87. The minimum absolute atomic E-state index is 0. The predicted octanol–water partition coefficient (Wildman–Crippen LogP) is 1.69. The highest BCUT2D eigenvalue weighted by Crippen LogP contribution is 2.42. The molecule has 0 aromatic heterocycles. The van der Waals surface area contributed by atoms with Crippen LogP contribution in [0.2, 0.25) is 0 Å². The molecule has 1 saturated carbocycles. The van der Waals surface area contributed by atoms with Gasteiger partial charge in [0.1, 0.15) is 0 Å². The maximum absolute atomic E-state index is 11.8. The topological polar surface area (TPSA) is 66.0 Å². The summed E-state index contributed by atoms with van der Waals surface area (Å²) in [7, 11) is 3.42. The molecular weight excluding hydrogens is 439 g/mol. The van der Waals surface area contributed by atoms with Gasteiger partial charge in [-0.1, -0.05) is 19.3 Å². The molecule has 1 saturated heterocycles. The van der Waals surface area contributed by atoms with Gasteiger partial charge in [-0.25, -0.2) is 0 Å². The summed E-state index contributed by atoms with van der Waals surface area (Å²) < 4.78 is 5.33. The van der Waals surface area contributed by atoms with Crippen LogP contribution in [0.4, 0.5) is 0 Å². The summed E-state index contributed by atoms with van der Waals surface area (Å²) in [5.41, 5.74) is 0. The number of nitrogens with zero attached hydrogens (tertiary/aromatic N) is 2. The highest BCUT2D eigenvalue weighted by atomic mass is 127. The first-order valence-electron chi connectivity index (χ1n) is 8.54. The Balaban J connectivity index is 0.00000288. The van der Waals surface area contributed by atoms with Crippen LogP contribution in [0.5, 0.6) is 0 Å². The molecule has 2 rings (SSSR count). The SMILES string of the molecule is CN=C(NCC(=O)NCCOC)N1CCSC2(CCCCC2)C1.I. The van der Waals surface area contributed by atoms with E-state index in [0.29, 0.717) is 17.9 Å². The maximum atomic E-state index is 11.8. The number of methoxy groups -OCH3 is 1. The number of carbonyl (C=O) groups excluding carboxylic acids is 1. The fourth-order valence-electron chi connectivity index (χ4n) is 3.37. The Kier molecular flexibility index (Phi) is 10.4. The van der Waals surface area contributed by atoms with Gasteiger partial charge in [0, 0.05) is 44.3 Å². The lowest BCUT2D eigenvalue weighted by molar-refractivity contribution is -0.120. The van der Waals surface area contributed by atoms with Crippen LogP contribution < -0.4 is 10.6 Å². The Morgan fingerprint density at radius 3 is 2.71 bits per heavy atom. The quantitative estimate of drug-likeness (QED) is 0.277. The van der Waals surface area contributed by atoms with Crippen LogP contribution in [0.15, 0.2) is 4.99 Å². The van der Waals surface area contributed by atoms with Crippen molar-refractivity contribution in [3.8, 4) is 0 Å². The van der Waals surface area contributed by atoms with Crippen molar-refractivity contribution < 1.29 is 9.53 Å². The summed E-state index contributed by atoms with van der Waals surface area (Å²) in [5, 5.41) is 6.02. The molecule has 24 heavy (non-hydrogen) atoms. The Labute approximate surface area is 166 Å². The fraction of sp³-hybridized carbons (Fsp3) is 0.875. The van der Waals surface area contributed by atoms with Crippen molar-refractivity contribution in [3.63, 3.8) is 0 Å². The lowest BCUT2D eigenvalue weighted by Crippen LogP contribution is -2.54. The third-order valence-electron chi connectivity index (χ3n) is 4.56. The zero-order chi connectivity index (χ0) is 16.5. The number of rotatable bonds is 5. The minimum atomic E-state index is -0.0260. The van der Waals surface area contributed by atoms with Crippen LogP contribution in [0.25, 0.3) is 0 Å². The number of ether oxygens (including phenoxy) is 1. The van der Waals surface area contributed by atoms with Crippen molar-refractivity contribution in [2.45, 2.75) is 36.9 Å². The highest BCUT2D eigenvalue weighted by molar-refractivity contribution is 14.0. The molecule has 0 aromatic carbocycles. The van der Waals surface area contributed by atoms with E-state index in [1.165, 1.54) is 32.1 Å². The number of carbonyl (C=O) groups is 1. The third-order valence-corrected chi connectivity index (χ3v) is 6.10. The first kappa shape index (κ1) is 21.8. The van der Waals surface area contributed by atoms with Crippen molar-refractivity contribution >= 4 is 47.6 Å². The van der Waals surface area contributed by atoms with E-state index in [1.54, 1.807) is 14.2 Å². The first-order valence-corrected chi connectivity index (χ1v) is 9.53. The maximum Gasteiger partial charge on any atom is 0.239 e. The predicted molar refractivity (Wildman–Crippen MR) is 112 cm³/mol. The van der Waals surface area contributed by atoms with Crippen LogP contribution in [-0.4, -0.2) is 74.2 Å². The molecule has 1 aliphatic heterocycles. The summed E-state index contributed by atoms with van der Waals surface area (Å²) in [6.45, 7) is 3.37. The van der Waals surface area contributed by atoms with E-state index in [4.69, 9.17) is 4.74 Å². The monoisotopic (exact) mass is 470 g/mol. The summed E-state index contributed by atoms with van der Waals surface area (Å²) in [6, 6.07) is 0. The van der Waals surface area contributed by atoms with Gasteiger partial charge in [0.25, 0.3) is 0 Å². The molecule has 0 atom stereocenters. The highest BCUT2D eigenvalue weighted by Gasteiger charge is 2.38. The summed E-state index contributed by atoms with van der Waals surface area (Å²) >= 11 is 2.14. The average Bonchev–Trinajstić information content (AvgIpc) is 2.56. The van der Waals surface area contributed by atoms with Crippen LogP contribution in [-0.2, 0) is 9.53 Å². The van der Waals surface area contributed by atoms with Gasteiger partial charge < -0.3 is 20.3 Å². The normalized spacial score (nSPS) is 20.4. The Morgan fingerprint density at radius 1 is 1.29 bits per heavy atom. The number of hydrogen-bond donors (Lipinski definition) is 2. The summed E-state index contributed by atoms with van der Waals surface area (Å²) in [6.07, 6.45) is 6.67. The number of hydrogen-bond acceptors (Lipinski definition) is 4. The Hall–Kier alpha value is -0.220. The van der Waals surface area contributed by atoms with Gasteiger partial charge in [-0.05, 0) is 12.8 Å². The second-order valence-electron chi connectivity index (χ2n) is 6.26. The van der Waals surface area contributed by atoms with Crippen molar-refractivity contribution in [2.24, 2.45) is 4.99 Å². The van der Waals surface area contributed by atoms with Crippen LogP contribution in [0.1, 0.15) is 32.1 Å². The van der Waals surface area contributed by atoms with E-state index in [9.17, 15) is 4.79 Å². The Morgan fingerprint density at radius 2 is 2.04 bits per heavy atom. The first-order chi connectivity index (χ1) is 11.2. The fourth-order valence-corrected chi connectivity index (χ4v) is 4.94. The van der Waals surface area contributed by atoms with Crippen molar-refractivity contribution in [1.82, 2.24) is 15.5 Å². The smallest absolute Gasteiger partial charge is 0.239 e. The third kappa shape index (κ3) is 6.59. The molecule has 1 spiro atoms. The van der Waals surface area contributed by atoms with Gasteiger partial charge in [0.15, 0.2) is 5.96 Å². The van der Waals surface area contributed by atoms with Gasteiger partial charge in [-0.15, -0.1) is 24.0 Å². The molecule has 2 fully saturated rings. The Bertz CT molecular complexity index is 411. The number of nitrogens with one attached hydrogen (secondary N) is 2. The zero-order valence-electron chi connectivity index (χ0n) is 14.8. The molecule has 0 bridgehead atoms. The van der Waals surface area contributed by atoms with E-state index in [1.807, 2.05) is 0 Å². The standard InChI is InChI=1S/C16H30N4O2S.HI/c1-17-15(19-12-14(21)18-8-10-22-2)20-9-11-23-16(13-20)6-4-3-5-7-16;/h3-13H2,1-2H3,(H,17,19)(H,18,21);1H. The lowest BCUT2D eigenvalue weighted by Gasteiger charge is -2.45. The molecule has 1 amide bonds. The number of aliphatic imine (C=N–C) groups is 1. The number of amides is 1. The molecule has 140 valence electrons. The van der Waals surface area contributed by atoms with Gasteiger partial charge in [-0.2, -0.15) is 11.8 Å². The molecular formula is C16H31IN4O2S. The molecule has 2 aliphatic rings. The van der Waals surface area contributed by atoms with Crippen LogP contribution in [0.3, 0.4) is 0 Å². The molecule has 2 N–H and O–H groups in total. The molecule has 8 heteroatoms. The van der Waals surface area contributed by atoms with Crippen LogP contribution in [0, 0.1) is 0 Å². The van der Waals surface area contributed by atoms with Crippen molar-refractivity contribution in [1.29, 1.82) is 0 Å². The van der Waals surface area contributed by atoms with Gasteiger partial charge in [0.2, 0.25) is 5.91 Å². The summed E-state index contributed by atoms with van der Waals surface area (Å²) in [4.78, 5) is 18.5. The number of thioether (sulfide) groups is 1. The van der Waals surface area contributed by atoms with Gasteiger partial charge in [-0.3, -0.25) is 9.79 Å². The van der Waals surface area contributed by atoms with Gasteiger partial charge >= 0.3 is 0 Å².